The van der Waals surface area contributed by atoms with Gasteiger partial charge in [0.05, 0.1) is 12.1 Å². The normalized spacial score (nSPS) is 11.1. The van der Waals surface area contributed by atoms with E-state index in [2.05, 4.69) is 0 Å². The predicted octanol–water partition coefficient (Wildman–Crippen LogP) is 1.53. The van der Waals surface area contributed by atoms with Crippen molar-refractivity contribution in [1.29, 1.82) is 10.5 Å². The largest absolute Gasteiger partial charge is 0.399 e. The molecule has 0 saturated carbocycles. The number of nitrogens with zero attached hydrogens (tertiary/aromatic N) is 3. The van der Waals surface area contributed by atoms with Gasteiger partial charge in [-0.3, -0.25) is 0 Å². The van der Waals surface area contributed by atoms with Crippen molar-refractivity contribution >= 4 is 15.7 Å². The van der Waals surface area contributed by atoms with Crippen molar-refractivity contribution in [3.8, 4) is 12.1 Å². The second-order valence-electron chi connectivity index (χ2n) is 4.37. The Morgan fingerprint density at radius 1 is 1.24 bits per heavy atom. The molecule has 1 aromatic rings. The highest BCUT2D eigenvalue weighted by atomic mass is 32.2. The Balaban J connectivity index is 3.29. The Kier molecular flexibility index (Phi) is 5.65. The van der Waals surface area contributed by atoms with Gasteiger partial charge in [0.15, 0.2) is 0 Å². The van der Waals surface area contributed by atoms with Gasteiger partial charge in [0.2, 0.25) is 10.0 Å². The van der Waals surface area contributed by atoms with Gasteiger partial charge in [0.1, 0.15) is 10.7 Å². The van der Waals surface area contributed by atoms with Gasteiger partial charge in [0, 0.05) is 31.6 Å². The third kappa shape index (κ3) is 3.91. The zero-order chi connectivity index (χ0) is 16.0. The van der Waals surface area contributed by atoms with Gasteiger partial charge < -0.3 is 5.73 Å². The Morgan fingerprint density at radius 3 is 2.24 bits per heavy atom. The molecule has 8 heteroatoms. The van der Waals surface area contributed by atoms with Gasteiger partial charge in [-0.2, -0.15) is 14.8 Å². The molecule has 21 heavy (non-hydrogen) atoms. The smallest absolute Gasteiger partial charge is 0.246 e. The van der Waals surface area contributed by atoms with Crippen LogP contribution < -0.4 is 5.73 Å². The fraction of sp³-hybridized carbons (Fsp3) is 0.385. The molecule has 0 aliphatic heterocycles. The molecule has 1 rings (SSSR count). The summed E-state index contributed by atoms with van der Waals surface area (Å²) < 4.78 is 40.0. The fourth-order valence-corrected chi connectivity index (χ4v) is 3.41. The van der Waals surface area contributed by atoms with Crippen LogP contribution in [0.3, 0.4) is 0 Å². The van der Waals surface area contributed by atoms with E-state index in [9.17, 15) is 12.8 Å². The lowest BCUT2D eigenvalue weighted by atomic mass is 10.2. The first-order valence-corrected chi connectivity index (χ1v) is 7.58. The zero-order valence-corrected chi connectivity index (χ0v) is 12.3. The summed E-state index contributed by atoms with van der Waals surface area (Å²) in [6.45, 7) is 1.21. The molecule has 112 valence electrons. The first-order valence-electron chi connectivity index (χ1n) is 6.14. The molecule has 0 fully saturated rings. The number of hydrogen-bond acceptors (Lipinski definition) is 5. The van der Waals surface area contributed by atoms with Crippen molar-refractivity contribution in [3.63, 3.8) is 0 Å². The Labute approximate surface area is 123 Å². The van der Waals surface area contributed by atoms with Crippen LogP contribution in [0.15, 0.2) is 17.0 Å². The molecular formula is C13H15FN4O2S. The average Bonchev–Trinajstić information content (AvgIpc) is 2.42. The summed E-state index contributed by atoms with van der Waals surface area (Å²) in [4.78, 5) is -0.532. The van der Waals surface area contributed by atoms with Gasteiger partial charge in [-0.25, -0.2) is 12.8 Å². The lowest BCUT2D eigenvalue weighted by molar-refractivity contribution is 0.420. The number of nitrogen functional groups attached to an aromatic ring is 1. The number of rotatable bonds is 6. The van der Waals surface area contributed by atoms with Crippen LogP contribution in [0.5, 0.6) is 0 Å². The van der Waals surface area contributed by atoms with E-state index in [-0.39, 0.29) is 37.2 Å². The van der Waals surface area contributed by atoms with Crippen LogP contribution in [0.25, 0.3) is 0 Å². The van der Waals surface area contributed by atoms with Crippen LogP contribution in [-0.2, 0) is 10.0 Å². The lowest BCUT2D eigenvalue weighted by Crippen LogP contribution is -2.33. The Bertz CT molecular complexity index is 686. The van der Waals surface area contributed by atoms with Crippen LogP contribution in [0.4, 0.5) is 10.1 Å². The van der Waals surface area contributed by atoms with Crippen molar-refractivity contribution in [2.45, 2.75) is 24.7 Å². The van der Waals surface area contributed by atoms with E-state index >= 15 is 0 Å². The fourth-order valence-electron chi connectivity index (χ4n) is 1.79. The minimum absolute atomic E-state index is 0.0480. The molecule has 0 aliphatic carbocycles. The summed E-state index contributed by atoms with van der Waals surface area (Å²) in [6, 6.07) is 6.04. The topological polar surface area (TPSA) is 111 Å². The van der Waals surface area contributed by atoms with Crippen molar-refractivity contribution in [2.24, 2.45) is 0 Å². The molecule has 0 aromatic heterocycles. The van der Waals surface area contributed by atoms with E-state index < -0.39 is 20.7 Å². The van der Waals surface area contributed by atoms with Gasteiger partial charge >= 0.3 is 0 Å². The molecule has 0 radical (unpaired) electrons. The molecule has 0 heterocycles. The summed E-state index contributed by atoms with van der Waals surface area (Å²) >= 11 is 0. The van der Waals surface area contributed by atoms with Gasteiger partial charge in [-0.15, -0.1) is 0 Å². The highest BCUT2D eigenvalue weighted by molar-refractivity contribution is 7.89. The number of sulfonamides is 1. The standard InChI is InChI=1S/C13H15FN4O2S/c1-10-8-11(17)9-12(13(10)14)21(19,20)18(6-2-4-15)7-3-5-16/h8-9H,2-3,6-7,17H2,1H3. The highest BCUT2D eigenvalue weighted by Gasteiger charge is 2.28. The van der Waals surface area contributed by atoms with E-state index in [0.29, 0.717) is 0 Å². The summed E-state index contributed by atoms with van der Waals surface area (Å²) in [6.07, 6.45) is -0.0961. The van der Waals surface area contributed by atoms with E-state index in [4.69, 9.17) is 16.3 Å². The number of anilines is 1. The van der Waals surface area contributed by atoms with Crippen molar-refractivity contribution < 1.29 is 12.8 Å². The highest BCUT2D eigenvalue weighted by Crippen LogP contribution is 2.25. The molecule has 0 amide bonds. The van der Waals surface area contributed by atoms with E-state index in [1.54, 1.807) is 0 Å². The molecule has 0 bridgehead atoms. The predicted molar refractivity (Wildman–Crippen MR) is 74.8 cm³/mol. The van der Waals surface area contributed by atoms with Crippen molar-refractivity contribution in [3.05, 3.63) is 23.5 Å². The van der Waals surface area contributed by atoms with E-state index in [0.717, 1.165) is 10.4 Å². The molecular weight excluding hydrogens is 295 g/mol. The number of nitriles is 2. The van der Waals surface area contributed by atoms with Gasteiger partial charge in [-0.05, 0) is 24.6 Å². The van der Waals surface area contributed by atoms with Crippen LogP contribution in [0, 0.1) is 35.4 Å². The second kappa shape index (κ2) is 7.02. The number of hydrogen-bond donors (Lipinski definition) is 1. The summed E-state index contributed by atoms with van der Waals surface area (Å²) in [5, 5.41) is 17.2. The van der Waals surface area contributed by atoms with Crippen LogP contribution >= 0.6 is 0 Å². The Hall–Kier alpha value is -2.16. The monoisotopic (exact) mass is 310 g/mol. The average molecular weight is 310 g/mol. The number of aryl methyl sites for hydroxylation is 1. The first-order chi connectivity index (χ1) is 9.84. The zero-order valence-electron chi connectivity index (χ0n) is 11.5. The molecule has 0 spiro atoms. The molecule has 0 aliphatic rings. The van der Waals surface area contributed by atoms with Crippen molar-refractivity contribution in [1.82, 2.24) is 4.31 Å². The van der Waals surface area contributed by atoms with Crippen LogP contribution in [0.2, 0.25) is 0 Å². The quantitative estimate of drug-likeness (QED) is 0.801. The minimum atomic E-state index is -4.15. The molecule has 1 aromatic carbocycles. The molecule has 0 atom stereocenters. The maximum absolute atomic E-state index is 14.1. The third-order valence-electron chi connectivity index (χ3n) is 2.81. The summed E-state index contributed by atoms with van der Waals surface area (Å²) in [5.74, 6) is -0.872. The second-order valence-corrected chi connectivity index (χ2v) is 6.28. The molecule has 2 N–H and O–H groups in total. The lowest BCUT2D eigenvalue weighted by Gasteiger charge is -2.21. The van der Waals surface area contributed by atoms with Gasteiger partial charge in [0.25, 0.3) is 0 Å². The Morgan fingerprint density at radius 2 is 1.76 bits per heavy atom. The van der Waals surface area contributed by atoms with Crippen LogP contribution in [-0.4, -0.2) is 25.8 Å². The first kappa shape index (κ1) is 16.9. The maximum atomic E-state index is 14.1. The van der Waals surface area contributed by atoms with Crippen LogP contribution in [0.1, 0.15) is 18.4 Å². The third-order valence-corrected chi connectivity index (χ3v) is 4.71. The van der Waals surface area contributed by atoms with Gasteiger partial charge in [-0.1, -0.05) is 0 Å². The summed E-state index contributed by atoms with van der Waals surface area (Å²) in [7, 11) is -4.15. The molecule has 0 unspecified atom stereocenters. The molecule has 0 saturated heterocycles. The van der Waals surface area contributed by atoms with Crippen molar-refractivity contribution in [2.75, 3.05) is 18.8 Å². The minimum Gasteiger partial charge on any atom is -0.399 e. The summed E-state index contributed by atoms with van der Waals surface area (Å²) in [5.41, 5.74) is 5.82. The number of nitrogens with two attached hydrogens (primary N) is 1. The molecule has 6 nitrogen and oxygen atoms in total. The SMILES string of the molecule is Cc1cc(N)cc(S(=O)(=O)N(CCC#N)CCC#N)c1F. The van der Waals surface area contributed by atoms with E-state index in [1.807, 2.05) is 12.1 Å². The maximum Gasteiger partial charge on any atom is 0.246 e. The van der Waals surface area contributed by atoms with E-state index in [1.165, 1.54) is 13.0 Å². The number of halogens is 1. The number of benzene rings is 1.